The highest BCUT2D eigenvalue weighted by atomic mass is 127. The molecule has 0 atom stereocenters. The number of piperidine rings is 2. The molecule has 0 aromatic carbocycles. The van der Waals surface area contributed by atoms with Gasteiger partial charge in [0.05, 0.1) is 0 Å². The Morgan fingerprint density at radius 3 is 2.19 bits per heavy atom. The summed E-state index contributed by atoms with van der Waals surface area (Å²) < 4.78 is 0. The van der Waals surface area contributed by atoms with Crippen molar-refractivity contribution in [3.63, 3.8) is 0 Å². The predicted molar refractivity (Wildman–Crippen MR) is 117 cm³/mol. The molecule has 0 radical (unpaired) electrons. The summed E-state index contributed by atoms with van der Waals surface area (Å²) in [6.07, 6.45) is 7.49. The van der Waals surface area contributed by atoms with E-state index in [-0.39, 0.29) is 29.9 Å². The number of halogens is 1. The second-order valence-corrected chi connectivity index (χ2v) is 8.07. The van der Waals surface area contributed by atoms with Crippen LogP contribution in [-0.4, -0.2) is 74.0 Å². The van der Waals surface area contributed by atoms with Crippen LogP contribution in [0.25, 0.3) is 0 Å². The van der Waals surface area contributed by atoms with Crippen LogP contribution in [0.3, 0.4) is 0 Å². The summed E-state index contributed by atoms with van der Waals surface area (Å²) in [4.78, 5) is 20.4. The van der Waals surface area contributed by atoms with E-state index in [4.69, 9.17) is 0 Å². The zero-order chi connectivity index (χ0) is 17.6. The Labute approximate surface area is 175 Å². The lowest BCUT2D eigenvalue weighted by Crippen LogP contribution is -2.50. The van der Waals surface area contributed by atoms with Crippen LogP contribution in [0.5, 0.6) is 0 Å². The van der Waals surface area contributed by atoms with Crippen molar-refractivity contribution in [3.8, 4) is 0 Å². The highest BCUT2D eigenvalue weighted by Gasteiger charge is 2.27. The maximum Gasteiger partial charge on any atom is 0.219 e. The summed E-state index contributed by atoms with van der Waals surface area (Å²) in [6.45, 7) is 8.16. The average Bonchev–Trinajstić information content (AvgIpc) is 3.44. The van der Waals surface area contributed by atoms with Crippen molar-refractivity contribution < 1.29 is 4.79 Å². The van der Waals surface area contributed by atoms with Crippen molar-refractivity contribution >= 4 is 35.8 Å². The highest BCUT2D eigenvalue weighted by molar-refractivity contribution is 14.0. The normalized spacial score (nSPS) is 23.5. The first-order valence-corrected chi connectivity index (χ1v) is 10.1. The molecule has 0 bridgehead atoms. The number of amides is 1. The van der Waals surface area contributed by atoms with E-state index >= 15 is 0 Å². The molecule has 1 saturated carbocycles. The largest absolute Gasteiger partial charge is 0.356 e. The van der Waals surface area contributed by atoms with E-state index in [9.17, 15) is 4.79 Å². The van der Waals surface area contributed by atoms with Gasteiger partial charge in [-0.25, -0.2) is 0 Å². The van der Waals surface area contributed by atoms with Crippen molar-refractivity contribution in [2.45, 2.75) is 51.5 Å². The van der Waals surface area contributed by atoms with Crippen molar-refractivity contribution in [1.82, 2.24) is 20.4 Å². The van der Waals surface area contributed by atoms with Gasteiger partial charge in [0.15, 0.2) is 5.96 Å². The number of likely N-dealkylation sites (tertiary alicyclic amines) is 2. The SMILES string of the molecule is CN=C(NCC1CCN(C(C)=O)CC1)NC1CCN(CC2CC2)CC1.I. The molecule has 2 saturated heterocycles. The van der Waals surface area contributed by atoms with Crippen LogP contribution in [0.15, 0.2) is 4.99 Å². The fourth-order valence-corrected chi connectivity index (χ4v) is 4.01. The maximum atomic E-state index is 11.4. The quantitative estimate of drug-likeness (QED) is 0.361. The van der Waals surface area contributed by atoms with Crippen molar-refractivity contribution in [1.29, 1.82) is 0 Å². The predicted octanol–water partition coefficient (Wildman–Crippen LogP) is 1.90. The number of guanidine groups is 1. The molecule has 7 heteroatoms. The van der Waals surface area contributed by atoms with Crippen molar-refractivity contribution in [2.24, 2.45) is 16.8 Å². The van der Waals surface area contributed by atoms with E-state index in [1.54, 1.807) is 6.92 Å². The minimum Gasteiger partial charge on any atom is -0.356 e. The molecule has 6 nitrogen and oxygen atoms in total. The zero-order valence-corrected chi connectivity index (χ0v) is 18.7. The minimum absolute atomic E-state index is 0. The second-order valence-electron chi connectivity index (χ2n) is 8.07. The molecule has 0 unspecified atom stereocenters. The molecule has 26 heavy (non-hydrogen) atoms. The van der Waals surface area contributed by atoms with E-state index in [0.29, 0.717) is 12.0 Å². The molecule has 2 heterocycles. The maximum absolute atomic E-state index is 11.4. The number of carbonyl (C=O) groups is 1. The molecule has 1 amide bonds. The second kappa shape index (κ2) is 10.7. The van der Waals surface area contributed by atoms with Crippen LogP contribution >= 0.6 is 24.0 Å². The molecule has 3 aliphatic rings. The fraction of sp³-hybridized carbons (Fsp3) is 0.895. The topological polar surface area (TPSA) is 60.0 Å². The van der Waals surface area contributed by atoms with Gasteiger partial charge in [-0.2, -0.15) is 0 Å². The third kappa shape index (κ3) is 6.87. The van der Waals surface area contributed by atoms with E-state index in [0.717, 1.165) is 44.4 Å². The molecule has 2 aliphatic heterocycles. The first-order valence-electron chi connectivity index (χ1n) is 10.1. The number of aliphatic imine (C=N–C) groups is 1. The van der Waals surface area contributed by atoms with Gasteiger partial charge in [-0.05, 0) is 50.4 Å². The van der Waals surface area contributed by atoms with E-state index in [2.05, 4.69) is 20.5 Å². The minimum atomic E-state index is 0. The summed E-state index contributed by atoms with van der Waals surface area (Å²) in [6, 6.07) is 0.543. The van der Waals surface area contributed by atoms with Crippen LogP contribution in [-0.2, 0) is 4.79 Å². The fourth-order valence-electron chi connectivity index (χ4n) is 4.01. The van der Waals surface area contributed by atoms with Gasteiger partial charge in [-0.3, -0.25) is 9.79 Å². The number of nitrogens with zero attached hydrogens (tertiary/aromatic N) is 3. The van der Waals surface area contributed by atoms with Gasteiger partial charge < -0.3 is 20.4 Å². The summed E-state index contributed by atoms with van der Waals surface area (Å²) in [5.74, 6) is 2.77. The van der Waals surface area contributed by atoms with Crippen LogP contribution in [0, 0.1) is 11.8 Å². The summed E-state index contributed by atoms with van der Waals surface area (Å²) >= 11 is 0. The number of hydrogen-bond donors (Lipinski definition) is 2. The molecular formula is C19H36IN5O. The third-order valence-electron chi connectivity index (χ3n) is 5.98. The lowest BCUT2D eigenvalue weighted by atomic mass is 9.97. The van der Waals surface area contributed by atoms with Crippen molar-refractivity contribution in [3.05, 3.63) is 0 Å². The zero-order valence-electron chi connectivity index (χ0n) is 16.4. The molecule has 1 aliphatic carbocycles. The standard InChI is InChI=1S/C19H35N5O.HI/c1-15(25)24-11-5-16(6-12-24)13-21-19(20-2)22-18-7-9-23(10-8-18)14-17-3-4-17;/h16-18H,3-14H2,1-2H3,(H2,20,21,22);1H. The Morgan fingerprint density at radius 1 is 1.00 bits per heavy atom. The third-order valence-corrected chi connectivity index (χ3v) is 5.98. The Bertz CT molecular complexity index is 467. The molecule has 3 fully saturated rings. The molecule has 0 aromatic rings. The molecule has 0 aromatic heterocycles. The smallest absolute Gasteiger partial charge is 0.219 e. The van der Waals surface area contributed by atoms with Gasteiger partial charge in [0, 0.05) is 59.3 Å². The van der Waals surface area contributed by atoms with Gasteiger partial charge >= 0.3 is 0 Å². The Kier molecular flexibility index (Phi) is 8.93. The average molecular weight is 477 g/mol. The van der Waals surface area contributed by atoms with Crippen molar-refractivity contribution in [2.75, 3.05) is 46.3 Å². The van der Waals surface area contributed by atoms with E-state index in [1.165, 1.54) is 45.3 Å². The van der Waals surface area contributed by atoms with Gasteiger partial charge in [-0.1, -0.05) is 0 Å². The summed E-state index contributed by atoms with van der Waals surface area (Å²) in [5, 5.41) is 7.12. The number of rotatable bonds is 5. The van der Waals surface area contributed by atoms with Gasteiger partial charge in [0.25, 0.3) is 0 Å². The molecule has 150 valence electrons. The summed E-state index contributed by atoms with van der Waals surface area (Å²) in [7, 11) is 1.86. The van der Waals surface area contributed by atoms with E-state index in [1.807, 2.05) is 11.9 Å². The van der Waals surface area contributed by atoms with Gasteiger partial charge in [0.2, 0.25) is 5.91 Å². The first-order chi connectivity index (χ1) is 12.1. The highest BCUT2D eigenvalue weighted by Crippen LogP contribution is 2.30. The number of nitrogens with one attached hydrogen (secondary N) is 2. The number of carbonyl (C=O) groups excluding carboxylic acids is 1. The monoisotopic (exact) mass is 477 g/mol. The Morgan fingerprint density at radius 2 is 1.65 bits per heavy atom. The summed E-state index contributed by atoms with van der Waals surface area (Å²) in [5.41, 5.74) is 0. The molecular weight excluding hydrogens is 441 g/mol. The lowest BCUT2D eigenvalue weighted by Gasteiger charge is -2.34. The van der Waals surface area contributed by atoms with Crippen LogP contribution in [0.2, 0.25) is 0 Å². The lowest BCUT2D eigenvalue weighted by molar-refractivity contribution is -0.130. The Balaban J connectivity index is 0.00000243. The number of hydrogen-bond acceptors (Lipinski definition) is 3. The van der Waals surface area contributed by atoms with E-state index < -0.39 is 0 Å². The van der Waals surface area contributed by atoms with Crippen LogP contribution < -0.4 is 10.6 Å². The Hall–Kier alpha value is -0.570. The van der Waals surface area contributed by atoms with Gasteiger partial charge in [0.1, 0.15) is 0 Å². The molecule has 0 spiro atoms. The molecule has 2 N–H and O–H groups in total. The van der Waals surface area contributed by atoms with Gasteiger partial charge in [-0.15, -0.1) is 24.0 Å². The van der Waals surface area contributed by atoms with Crippen LogP contribution in [0.4, 0.5) is 0 Å². The molecule has 3 rings (SSSR count). The van der Waals surface area contributed by atoms with Crippen LogP contribution in [0.1, 0.15) is 45.4 Å². The first kappa shape index (κ1) is 21.7.